The van der Waals surface area contributed by atoms with E-state index in [1.165, 1.54) is 22.3 Å². The number of allylic oxidation sites excluding steroid dienone is 1. The highest BCUT2D eigenvalue weighted by atomic mass is 16.5. The van der Waals surface area contributed by atoms with Crippen LogP contribution in [0.25, 0.3) is 0 Å². The minimum absolute atomic E-state index is 0.111. The molecule has 3 heteroatoms. The molecule has 0 fully saturated rings. The lowest BCUT2D eigenvalue weighted by Crippen LogP contribution is -2.46. The highest BCUT2D eigenvalue weighted by molar-refractivity contribution is 5.30. The summed E-state index contributed by atoms with van der Waals surface area (Å²) in [5, 5.41) is 9.93. The summed E-state index contributed by atoms with van der Waals surface area (Å²) in [5.41, 5.74) is 5.23. The van der Waals surface area contributed by atoms with Crippen molar-refractivity contribution in [3.63, 3.8) is 0 Å². The SMILES string of the molecule is CC(C)=CC[C@@H](CN1Cc2ccccc2C[C@H]1CO)OCc1ccccc1. The highest BCUT2D eigenvalue weighted by Crippen LogP contribution is 2.24. The van der Waals surface area contributed by atoms with Gasteiger partial charge in [0, 0.05) is 19.1 Å². The van der Waals surface area contributed by atoms with Crippen LogP contribution in [0.5, 0.6) is 0 Å². The Kier molecular flexibility index (Phi) is 7.22. The number of fused-ring (bicyclic) bond motifs is 1. The van der Waals surface area contributed by atoms with Gasteiger partial charge in [-0.15, -0.1) is 0 Å². The maximum Gasteiger partial charge on any atom is 0.0741 e. The first kappa shape index (κ1) is 19.8. The standard InChI is InChI=1S/C24H31NO2/c1-19(2)12-13-24(27-18-20-8-4-3-5-9-20)16-25-15-22-11-7-6-10-21(22)14-23(25)17-26/h3-12,23-24,26H,13-18H2,1-2H3/t23-,24-/m0/s1. The summed E-state index contributed by atoms with van der Waals surface area (Å²) >= 11 is 0. The third kappa shape index (κ3) is 5.77. The number of hydrogen-bond donors (Lipinski definition) is 1. The Balaban J connectivity index is 1.69. The van der Waals surface area contributed by atoms with Crippen LogP contribution >= 0.6 is 0 Å². The largest absolute Gasteiger partial charge is 0.395 e. The Morgan fingerprint density at radius 1 is 1.11 bits per heavy atom. The topological polar surface area (TPSA) is 32.7 Å². The Labute approximate surface area is 163 Å². The van der Waals surface area contributed by atoms with E-state index in [2.05, 4.69) is 61.2 Å². The van der Waals surface area contributed by atoms with E-state index in [0.717, 1.165) is 25.9 Å². The number of hydrogen-bond acceptors (Lipinski definition) is 3. The van der Waals surface area contributed by atoms with E-state index >= 15 is 0 Å². The number of aliphatic hydroxyl groups excluding tert-OH is 1. The highest BCUT2D eigenvalue weighted by Gasteiger charge is 2.27. The molecular weight excluding hydrogens is 334 g/mol. The van der Waals surface area contributed by atoms with E-state index < -0.39 is 0 Å². The van der Waals surface area contributed by atoms with Gasteiger partial charge in [-0.3, -0.25) is 4.90 Å². The van der Waals surface area contributed by atoms with Gasteiger partial charge in [-0.1, -0.05) is 66.2 Å². The van der Waals surface area contributed by atoms with Crippen molar-refractivity contribution in [3.8, 4) is 0 Å². The summed E-state index contributed by atoms with van der Waals surface area (Å²) in [6.07, 6.45) is 4.16. The van der Waals surface area contributed by atoms with Crippen LogP contribution in [0.2, 0.25) is 0 Å². The third-order valence-corrected chi connectivity index (χ3v) is 5.23. The summed E-state index contributed by atoms with van der Waals surface area (Å²) in [6, 6.07) is 19.1. The second kappa shape index (κ2) is 9.84. The van der Waals surface area contributed by atoms with Crippen LogP contribution in [0, 0.1) is 0 Å². The van der Waals surface area contributed by atoms with Gasteiger partial charge in [0.2, 0.25) is 0 Å². The Bertz CT molecular complexity index is 737. The number of rotatable bonds is 8. The molecule has 27 heavy (non-hydrogen) atoms. The van der Waals surface area contributed by atoms with E-state index in [-0.39, 0.29) is 18.8 Å². The number of nitrogens with zero attached hydrogens (tertiary/aromatic N) is 1. The van der Waals surface area contributed by atoms with Gasteiger partial charge < -0.3 is 9.84 Å². The smallest absolute Gasteiger partial charge is 0.0741 e. The molecule has 0 unspecified atom stereocenters. The summed E-state index contributed by atoms with van der Waals surface area (Å²) in [4.78, 5) is 2.39. The maximum atomic E-state index is 9.93. The van der Waals surface area contributed by atoms with Gasteiger partial charge in [0.15, 0.2) is 0 Å². The molecule has 1 aliphatic rings. The van der Waals surface area contributed by atoms with Gasteiger partial charge in [-0.25, -0.2) is 0 Å². The van der Waals surface area contributed by atoms with Gasteiger partial charge in [-0.2, -0.15) is 0 Å². The lowest BCUT2D eigenvalue weighted by molar-refractivity contribution is -0.00550. The Morgan fingerprint density at radius 3 is 2.52 bits per heavy atom. The normalized spacial score (nSPS) is 18.0. The quantitative estimate of drug-likeness (QED) is 0.706. The number of benzene rings is 2. The molecule has 0 amide bonds. The molecule has 2 atom stereocenters. The van der Waals surface area contributed by atoms with E-state index in [0.29, 0.717) is 6.61 Å². The predicted molar refractivity (Wildman–Crippen MR) is 110 cm³/mol. The third-order valence-electron chi connectivity index (χ3n) is 5.23. The van der Waals surface area contributed by atoms with Crippen LogP contribution in [0.4, 0.5) is 0 Å². The van der Waals surface area contributed by atoms with Crippen molar-refractivity contribution in [2.24, 2.45) is 0 Å². The molecule has 144 valence electrons. The molecule has 0 bridgehead atoms. The fourth-order valence-electron chi connectivity index (χ4n) is 3.65. The van der Waals surface area contributed by atoms with Crippen molar-refractivity contribution < 1.29 is 9.84 Å². The fourth-order valence-corrected chi connectivity index (χ4v) is 3.65. The van der Waals surface area contributed by atoms with Crippen molar-refractivity contribution in [1.29, 1.82) is 0 Å². The molecular formula is C24H31NO2. The zero-order chi connectivity index (χ0) is 19.1. The zero-order valence-corrected chi connectivity index (χ0v) is 16.5. The Morgan fingerprint density at radius 2 is 1.81 bits per heavy atom. The summed E-state index contributed by atoms with van der Waals surface area (Å²) in [6.45, 7) is 6.76. The molecule has 3 rings (SSSR count). The lowest BCUT2D eigenvalue weighted by atomic mass is 9.94. The fraction of sp³-hybridized carbons (Fsp3) is 0.417. The lowest BCUT2D eigenvalue weighted by Gasteiger charge is -2.38. The van der Waals surface area contributed by atoms with Gasteiger partial charge in [0.1, 0.15) is 0 Å². The van der Waals surface area contributed by atoms with Gasteiger partial charge in [-0.05, 0) is 43.4 Å². The Hall–Kier alpha value is -1.94. The minimum Gasteiger partial charge on any atom is -0.395 e. The molecule has 2 aromatic rings. The first-order chi connectivity index (χ1) is 13.2. The molecule has 1 N–H and O–H groups in total. The van der Waals surface area contributed by atoms with Gasteiger partial charge in [0.25, 0.3) is 0 Å². The van der Waals surface area contributed by atoms with Crippen molar-refractivity contribution in [3.05, 3.63) is 82.9 Å². The zero-order valence-electron chi connectivity index (χ0n) is 16.5. The van der Waals surface area contributed by atoms with Crippen LogP contribution in [-0.4, -0.2) is 35.3 Å². The van der Waals surface area contributed by atoms with Crippen LogP contribution in [0.15, 0.2) is 66.2 Å². The molecule has 0 saturated heterocycles. The van der Waals surface area contributed by atoms with Gasteiger partial charge >= 0.3 is 0 Å². The predicted octanol–water partition coefficient (Wildman–Crippen LogP) is 4.35. The van der Waals surface area contributed by atoms with Crippen LogP contribution in [0.1, 0.15) is 37.0 Å². The molecule has 0 spiro atoms. The molecule has 2 aromatic carbocycles. The van der Waals surface area contributed by atoms with Crippen molar-refractivity contribution >= 4 is 0 Å². The molecule has 3 nitrogen and oxygen atoms in total. The number of aliphatic hydroxyl groups is 1. The van der Waals surface area contributed by atoms with E-state index in [9.17, 15) is 5.11 Å². The second-order valence-electron chi connectivity index (χ2n) is 7.67. The molecule has 0 radical (unpaired) electrons. The number of ether oxygens (including phenoxy) is 1. The van der Waals surface area contributed by atoms with Crippen LogP contribution in [0.3, 0.4) is 0 Å². The van der Waals surface area contributed by atoms with Crippen molar-refractivity contribution in [2.75, 3.05) is 13.2 Å². The van der Waals surface area contributed by atoms with Crippen LogP contribution in [-0.2, 0) is 24.3 Å². The monoisotopic (exact) mass is 365 g/mol. The molecule has 0 aromatic heterocycles. The van der Waals surface area contributed by atoms with Crippen LogP contribution < -0.4 is 0 Å². The molecule has 0 saturated carbocycles. The van der Waals surface area contributed by atoms with Crippen molar-refractivity contribution in [1.82, 2.24) is 4.90 Å². The van der Waals surface area contributed by atoms with E-state index in [1.54, 1.807) is 0 Å². The average molecular weight is 366 g/mol. The van der Waals surface area contributed by atoms with Crippen molar-refractivity contribution in [2.45, 2.75) is 52.0 Å². The van der Waals surface area contributed by atoms with Gasteiger partial charge in [0.05, 0.1) is 19.3 Å². The van der Waals surface area contributed by atoms with E-state index in [1.807, 2.05) is 18.2 Å². The first-order valence-corrected chi connectivity index (χ1v) is 9.86. The summed E-state index contributed by atoms with van der Waals surface area (Å²) in [7, 11) is 0. The summed E-state index contributed by atoms with van der Waals surface area (Å²) in [5.74, 6) is 0. The molecule has 1 aliphatic heterocycles. The van der Waals surface area contributed by atoms with E-state index in [4.69, 9.17) is 4.74 Å². The second-order valence-corrected chi connectivity index (χ2v) is 7.67. The maximum absolute atomic E-state index is 9.93. The molecule has 0 aliphatic carbocycles. The first-order valence-electron chi connectivity index (χ1n) is 9.86. The molecule has 1 heterocycles. The minimum atomic E-state index is 0.111. The summed E-state index contributed by atoms with van der Waals surface area (Å²) < 4.78 is 6.29. The average Bonchev–Trinajstić information content (AvgIpc) is 2.70.